The van der Waals surface area contributed by atoms with Crippen molar-refractivity contribution < 1.29 is 14.6 Å². The molecule has 0 fully saturated rings. The van der Waals surface area contributed by atoms with E-state index in [9.17, 15) is 4.79 Å². The molecule has 0 amide bonds. The third-order valence-corrected chi connectivity index (χ3v) is 2.91. The highest BCUT2D eigenvalue weighted by Crippen LogP contribution is 2.23. The number of hydrogen-bond acceptors (Lipinski definition) is 4. The zero-order valence-electron chi connectivity index (χ0n) is 11.2. The molecule has 0 aliphatic rings. The number of para-hydroxylation sites is 1. The molecule has 0 saturated heterocycles. The summed E-state index contributed by atoms with van der Waals surface area (Å²) in [5.74, 6) is -1.00. The Hall–Kier alpha value is -2.40. The number of carboxylic acids is 1. The Morgan fingerprint density at radius 2 is 2.10 bits per heavy atom. The molecule has 0 aliphatic carbocycles. The minimum absolute atomic E-state index is 0.147. The number of pyridine rings is 1. The van der Waals surface area contributed by atoms with Crippen LogP contribution in [0.15, 0.2) is 42.7 Å². The Balaban J connectivity index is 2.28. The number of carbonyl (C=O) groups is 1. The van der Waals surface area contributed by atoms with E-state index in [1.165, 1.54) is 6.20 Å². The second-order valence-corrected chi connectivity index (χ2v) is 4.25. The highest BCUT2D eigenvalue weighted by Gasteiger charge is 2.11. The number of carboxylic acid groups (broad SMARTS) is 1. The maximum absolute atomic E-state index is 11.2. The monoisotopic (exact) mass is 272 g/mol. The van der Waals surface area contributed by atoms with E-state index in [0.717, 1.165) is 17.7 Å². The Kier molecular flexibility index (Phi) is 4.68. The van der Waals surface area contributed by atoms with Gasteiger partial charge in [0.25, 0.3) is 0 Å². The Morgan fingerprint density at radius 1 is 1.30 bits per heavy atom. The number of aromatic carboxylic acids is 1. The van der Waals surface area contributed by atoms with Crippen LogP contribution in [-0.4, -0.2) is 29.8 Å². The van der Waals surface area contributed by atoms with E-state index in [2.05, 4.69) is 10.3 Å². The van der Waals surface area contributed by atoms with Crippen LogP contribution in [0.5, 0.6) is 0 Å². The number of benzene rings is 1. The minimum Gasteiger partial charge on any atom is -0.478 e. The lowest BCUT2D eigenvalue weighted by Crippen LogP contribution is -2.05. The topological polar surface area (TPSA) is 71.5 Å². The van der Waals surface area contributed by atoms with E-state index < -0.39 is 5.97 Å². The smallest absolute Gasteiger partial charge is 0.339 e. The van der Waals surface area contributed by atoms with Gasteiger partial charge in [-0.1, -0.05) is 18.2 Å². The number of anilines is 2. The molecular formula is C15H16N2O3. The van der Waals surface area contributed by atoms with Crippen LogP contribution in [0.3, 0.4) is 0 Å². The van der Waals surface area contributed by atoms with E-state index >= 15 is 0 Å². The Bertz CT molecular complexity index is 599. The summed E-state index contributed by atoms with van der Waals surface area (Å²) in [6.45, 7) is 0.612. The van der Waals surface area contributed by atoms with Crippen molar-refractivity contribution in [1.82, 2.24) is 4.98 Å². The van der Waals surface area contributed by atoms with Crippen LogP contribution in [0.2, 0.25) is 0 Å². The maximum Gasteiger partial charge on any atom is 0.339 e. The first-order chi connectivity index (χ1) is 9.72. The fourth-order valence-corrected chi connectivity index (χ4v) is 1.89. The Morgan fingerprint density at radius 3 is 2.85 bits per heavy atom. The zero-order chi connectivity index (χ0) is 14.4. The van der Waals surface area contributed by atoms with Crippen LogP contribution in [0.4, 0.5) is 11.4 Å². The Labute approximate surface area is 117 Å². The lowest BCUT2D eigenvalue weighted by atomic mass is 10.1. The van der Waals surface area contributed by atoms with Crippen LogP contribution < -0.4 is 5.32 Å². The average molecular weight is 272 g/mol. The van der Waals surface area contributed by atoms with Crippen molar-refractivity contribution in [3.05, 3.63) is 53.9 Å². The molecule has 1 aromatic heterocycles. The van der Waals surface area contributed by atoms with Gasteiger partial charge in [-0.15, -0.1) is 0 Å². The highest BCUT2D eigenvalue weighted by molar-refractivity contribution is 5.94. The van der Waals surface area contributed by atoms with Gasteiger partial charge in [0, 0.05) is 25.2 Å². The van der Waals surface area contributed by atoms with Crippen molar-refractivity contribution in [3.63, 3.8) is 0 Å². The maximum atomic E-state index is 11.2. The second-order valence-electron chi connectivity index (χ2n) is 4.25. The largest absolute Gasteiger partial charge is 0.478 e. The van der Waals surface area contributed by atoms with Crippen molar-refractivity contribution in [2.75, 3.05) is 19.0 Å². The molecule has 5 nitrogen and oxygen atoms in total. The van der Waals surface area contributed by atoms with Crippen LogP contribution in [0.25, 0.3) is 0 Å². The predicted octanol–water partition coefficient (Wildman–Crippen LogP) is 2.71. The second kappa shape index (κ2) is 6.68. The normalized spacial score (nSPS) is 10.2. The van der Waals surface area contributed by atoms with E-state index in [1.54, 1.807) is 19.4 Å². The molecule has 0 unspecified atom stereocenters. The summed E-state index contributed by atoms with van der Waals surface area (Å²) in [5.41, 5.74) is 2.62. The van der Waals surface area contributed by atoms with Crippen LogP contribution in [0.1, 0.15) is 15.9 Å². The number of nitrogens with one attached hydrogen (secondary N) is 1. The van der Waals surface area contributed by atoms with Gasteiger partial charge in [-0.3, -0.25) is 4.98 Å². The first kappa shape index (κ1) is 14.0. The molecule has 1 heterocycles. The summed E-state index contributed by atoms with van der Waals surface area (Å²) in [6.07, 6.45) is 3.65. The molecule has 1 aromatic carbocycles. The van der Waals surface area contributed by atoms with Crippen molar-refractivity contribution in [2.45, 2.75) is 6.42 Å². The first-order valence-corrected chi connectivity index (χ1v) is 6.23. The molecule has 0 saturated carbocycles. The van der Waals surface area contributed by atoms with Crippen LogP contribution in [0, 0.1) is 0 Å². The van der Waals surface area contributed by atoms with Gasteiger partial charge in [0.15, 0.2) is 0 Å². The molecule has 0 spiro atoms. The van der Waals surface area contributed by atoms with Gasteiger partial charge in [-0.05, 0) is 24.1 Å². The van der Waals surface area contributed by atoms with E-state index in [4.69, 9.17) is 9.84 Å². The van der Waals surface area contributed by atoms with Gasteiger partial charge in [0.05, 0.1) is 12.3 Å². The van der Waals surface area contributed by atoms with Crippen LogP contribution in [-0.2, 0) is 11.2 Å². The molecule has 2 rings (SSSR count). The fraction of sp³-hybridized carbons (Fsp3) is 0.200. The quantitative estimate of drug-likeness (QED) is 0.846. The SMILES string of the molecule is COCCc1ccccc1Nc1ccncc1C(=O)O. The summed E-state index contributed by atoms with van der Waals surface area (Å²) >= 11 is 0. The fourth-order valence-electron chi connectivity index (χ4n) is 1.89. The summed E-state index contributed by atoms with van der Waals surface area (Å²) in [5, 5.41) is 12.3. The predicted molar refractivity (Wildman–Crippen MR) is 76.5 cm³/mol. The van der Waals surface area contributed by atoms with Crippen molar-refractivity contribution >= 4 is 17.3 Å². The van der Waals surface area contributed by atoms with Crippen molar-refractivity contribution in [1.29, 1.82) is 0 Å². The molecule has 0 radical (unpaired) electrons. The number of rotatable bonds is 6. The first-order valence-electron chi connectivity index (χ1n) is 6.23. The van der Waals surface area contributed by atoms with Gasteiger partial charge in [-0.2, -0.15) is 0 Å². The van der Waals surface area contributed by atoms with E-state index in [0.29, 0.717) is 12.3 Å². The third kappa shape index (κ3) is 3.33. The molecule has 0 aliphatic heterocycles. The number of nitrogens with zero attached hydrogens (tertiary/aromatic N) is 1. The molecular weight excluding hydrogens is 256 g/mol. The zero-order valence-corrected chi connectivity index (χ0v) is 11.2. The standard InChI is InChI=1S/C15H16N2O3/c1-20-9-7-11-4-2-3-5-13(11)17-14-6-8-16-10-12(14)15(18)19/h2-6,8,10H,7,9H2,1H3,(H,16,17)(H,18,19). The summed E-state index contributed by atoms with van der Waals surface area (Å²) < 4.78 is 5.08. The lowest BCUT2D eigenvalue weighted by Gasteiger charge is -2.13. The number of ether oxygens (including phenoxy) is 1. The van der Waals surface area contributed by atoms with Gasteiger partial charge in [0.1, 0.15) is 5.56 Å². The third-order valence-electron chi connectivity index (χ3n) is 2.91. The lowest BCUT2D eigenvalue weighted by molar-refractivity contribution is 0.0697. The number of methoxy groups -OCH3 is 1. The van der Waals surface area contributed by atoms with Gasteiger partial charge < -0.3 is 15.2 Å². The number of hydrogen-bond donors (Lipinski definition) is 2. The summed E-state index contributed by atoms with van der Waals surface area (Å²) in [6, 6.07) is 9.40. The van der Waals surface area contributed by atoms with Crippen molar-refractivity contribution in [3.8, 4) is 0 Å². The van der Waals surface area contributed by atoms with Gasteiger partial charge in [-0.25, -0.2) is 4.79 Å². The molecule has 0 atom stereocenters. The molecule has 0 bridgehead atoms. The molecule has 20 heavy (non-hydrogen) atoms. The molecule has 2 aromatic rings. The molecule has 2 N–H and O–H groups in total. The molecule has 5 heteroatoms. The van der Waals surface area contributed by atoms with Crippen molar-refractivity contribution in [2.24, 2.45) is 0 Å². The average Bonchev–Trinajstić information content (AvgIpc) is 2.47. The van der Waals surface area contributed by atoms with Gasteiger partial charge in [0.2, 0.25) is 0 Å². The summed E-state index contributed by atoms with van der Waals surface area (Å²) in [7, 11) is 1.65. The van der Waals surface area contributed by atoms with Crippen LogP contribution >= 0.6 is 0 Å². The van der Waals surface area contributed by atoms with Gasteiger partial charge >= 0.3 is 5.97 Å². The number of aromatic nitrogens is 1. The molecule has 104 valence electrons. The van der Waals surface area contributed by atoms with E-state index in [-0.39, 0.29) is 5.56 Å². The summed E-state index contributed by atoms with van der Waals surface area (Å²) in [4.78, 5) is 15.0. The minimum atomic E-state index is -1.00. The highest BCUT2D eigenvalue weighted by atomic mass is 16.5. The van der Waals surface area contributed by atoms with E-state index in [1.807, 2.05) is 24.3 Å².